The molecule has 2 aliphatic carbocycles. The van der Waals surface area contributed by atoms with Crippen LogP contribution in [0.2, 0.25) is 0 Å². The minimum Gasteiger partial charge on any atom is -0.312 e. The first-order chi connectivity index (χ1) is 10.4. The molecule has 21 heavy (non-hydrogen) atoms. The average Bonchev–Trinajstić information content (AvgIpc) is 2.98. The fourth-order valence-corrected chi connectivity index (χ4v) is 4.99. The van der Waals surface area contributed by atoms with Crippen molar-refractivity contribution in [3.63, 3.8) is 0 Å². The lowest BCUT2D eigenvalue weighted by Crippen LogP contribution is -2.35. The SMILES string of the molecule is CCC1NCCn2c(C3CCC4CCCCC4C3)nnc21. The van der Waals surface area contributed by atoms with E-state index >= 15 is 0 Å². The van der Waals surface area contributed by atoms with Crippen molar-refractivity contribution in [2.45, 2.75) is 76.8 Å². The number of rotatable bonds is 2. The minimum absolute atomic E-state index is 0.408. The molecule has 0 amide bonds. The predicted octanol–water partition coefficient (Wildman–Crippen LogP) is 3.41. The first-order valence-electron chi connectivity index (χ1n) is 9.03. The molecule has 0 radical (unpaired) electrons. The van der Waals surface area contributed by atoms with Gasteiger partial charge in [-0.3, -0.25) is 0 Å². The number of aromatic nitrogens is 3. The Labute approximate surface area is 127 Å². The van der Waals surface area contributed by atoms with Gasteiger partial charge in [-0.2, -0.15) is 0 Å². The van der Waals surface area contributed by atoms with Gasteiger partial charge < -0.3 is 9.88 Å². The Morgan fingerprint density at radius 3 is 2.71 bits per heavy atom. The summed E-state index contributed by atoms with van der Waals surface area (Å²) in [5.74, 6) is 5.14. The second kappa shape index (κ2) is 5.71. The highest BCUT2D eigenvalue weighted by molar-refractivity contribution is 5.09. The van der Waals surface area contributed by atoms with Crippen LogP contribution in [0.4, 0.5) is 0 Å². The summed E-state index contributed by atoms with van der Waals surface area (Å²) < 4.78 is 2.44. The summed E-state index contributed by atoms with van der Waals surface area (Å²) >= 11 is 0. The lowest BCUT2D eigenvalue weighted by molar-refractivity contribution is 0.151. The van der Waals surface area contributed by atoms with Crippen LogP contribution in [-0.2, 0) is 6.54 Å². The van der Waals surface area contributed by atoms with Gasteiger partial charge >= 0.3 is 0 Å². The molecule has 4 rings (SSSR count). The fourth-order valence-electron chi connectivity index (χ4n) is 4.99. The van der Waals surface area contributed by atoms with Crippen LogP contribution in [0.3, 0.4) is 0 Å². The Bertz CT molecular complexity index is 495. The van der Waals surface area contributed by atoms with Crippen molar-refractivity contribution < 1.29 is 0 Å². The summed E-state index contributed by atoms with van der Waals surface area (Å²) in [5.41, 5.74) is 0. The Hall–Kier alpha value is -0.900. The van der Waals surface area contributed by atoms with E-state index < -0.39 is 0 Å². The molecule has 2 saturated carbocycles. The van der Waals surface area contributed by atoms with Crippen molar-refractivity contribution in [2.75, 3.05) is 6.54 Å². The molecular weight excluding hydrogens is 260 g/mol. The third kappa shape index (κ3) is 2.41. The maximum Gasteiger partial charge on any atom is 0.150 e. The lowest BCUT2D eigenvalue weighted by atomic mass is 9.67. The molecule has 1 N–H and O–H groups in total. The van der Waals surface area contributed by atoms with Crippen molar-refractivity contribution >= 4 is 0 Å². The zero-order chi connectivity index (χ0) is 14.2. The minimum atomic E-state index is 0.408. The Morgan fingerprint density at radius 2 is 1.86 bits per heavy atom. The van der Waals surface area contributed by atoms with Crippen molar-refractivity contribution in [3.8, 4) is 0 Å². The number of hydrogen-bond acceptors (Lipinski definition) is 3. The topological polar surface area (TPSA) is 42.7 Å². The molecule has 0 aromatic carbocycles. The predicted molar refractivity (Wildman–Crippen MR) is 83.1 cm³/mol. The zero-order valence-electron chi connectivity index (χ0n) is 13.2. The second-order valence-electron chi connectivity index (χ2n) is 7.30. The van der Waals surface area contributed by atoms with Gasteiger partial charge in [0.25, 0.3) is 0 Å². The molecular formula is C17H28N4. The maximum absolute atomic E-state index is 4.63. The Morgan fingerprint density at radius 1 is 1.05 bits per heavy atom. The molecule has 4 heteroatoms. The molecule has 116 valence electrons. The number of nitrogens with zero attached hydrogens (tertiary/aromatic N) is 3. The van der Waals surface area contributed by atoms with E-state index in [9.17, 15) is 0 Å². The highest BCUT2D eigenvalue weighted by Gasteiger charge is 2.36. The molecule has 4 nitrogen and oxygen atoms in total. The summed E-state index contributed by atoms with van der Waals surface area (Å²) in [6.07, 6.45) is 11.1. The molecule has 0 bridgehead atoms. The van der Waals surface area contributed by atoms with Crippen LogP contribution in [0.1, 0.15) is 81.9 Å². The third-order valence-electron chi connectivity index (χ3n) is 6.16. The molecule has 1 aliphatic heterocycles. The van der Waals surface area contributed by atoms with E-state index in [1.807, 2.05) is 0 Å². The van der Waals surface area contributed by atoms with Gasteiger partial charge in [0.1, 0.15) is 11.6 Å². The fraction of sp³-hybridized carbons (Fsp3) is 0.882. The van der Waals surface area contributed by atoms with Gasteiger partial charge in [-0.25, -0.2) is 0 Å². The van der Waals surface area contributed by atoms with E-state index in [2.05, 4.69) is 27.0 Å². The zero-order valence-corrected chi connectivity index (χ0v) is 13.2. The van der Waals surface area contributed by atoms with Gasteiger partial charge in [0.05, 0.1) is 6.04 Å². The normalized spacial score (nSPS) is 36.0. The van der Waals surface area contributed by atoms with E-state index in [0.717, 1.165) is 31.3 Å². The smallest absolute Gasteiger partial charge is 0.150 e. The molecule has 4 unspecified atom stereocenters. The van der Waals surface area contributed by atoms with E-state index in [1.165, 1.54) is 56.6 Å². The average molecular weight is 288 g/mol. The maximum atomic E-state index is 4.63. The van der Waals surface area contributed by atoms with Crippen LogP contribution < -0.4 is 5.32 Å². The molecule has 0 spiro atoms. The van der Waals surface area contributed by atoms with Crippen LogP contribution in [0.5, 0.6) is 0 Å². The number of fused-ring (bicyclic) bond motifs is 2. The lowest BCUT2D eigenvalue weighted by Gasteiger charge is -2.39. The van der Waals surface area contributed by atoms with Crippen LogP contribution >= 0.6 is 0 Å². The van der Waals surface area contributed by atoms with E-state index in [-0.39, 0.29) is 0 Å². The summed E-state index contributed by atoms with van der Waals surface area (Å²) in [6.45, 7) is 4.35. The van der Waals surface area contributed by atoms with Crippen molar-refractivity contribution in [3.05, 3.63) is 11.6 Å². The van der Waals surface area contributed by atoms with E-state index in [4.69, 9.17) is 0 Å². The molecule has 1 aromatic heterocycles. The van der Waals surface area contributed by atoms with Crippen LogP contribution in [0.15, 0.2) is 0 Å². The first kappa shape index (κ1) is 13.7. The van der Waals surface area contributed by atoms with Gasteiger partial charge in [-0.15, -0.1) is 10.2 Å². The number of nitrogens with one attached hydrogen (secondary N) is 1. The molecule has 0 saturated heterocycles. The largest absolute Gasteiger partial charge is 0.312 e. The Balaban J connectivity index is 1.55. The molecule has 3 aliphatic rings. The molecule has 2 heterocycles. The summed E-state index contributed by atoms with van der Waals surface area (Å²) in [4.78, 5) is 0. The van der Waals surface area contributed by atoms with Gasteiger partial charge in [-0.1, -0.05) is 32.6 Å². The van der Waals surface area contributed by atoms with Crippen molar-refractivity contribution in [1.29, 1.82) is 0 Å². The van der Waals surface area contributed by atoms with Gasteiger partial charge in [0.2, 0.25) is 0 Å². The van der Waals surface area contributed by atoms with Gasteiger partial charge in [-0.05, 0) is 37.5 Å². The van der Waals surface area contributed by atoms with Crippen molar-refractivity contribution in [2.24, 2.45) is 11.8 Å². The van der Waals surface area contributed by atoms with E-state index in [0.29, 0.717) is 12.0 Å². The highest BCUT2D eigenvalue weighted by Crippen LogP contribution is 2.46. The summed E-state index contributed by atoms with van der Waals surface area (Å²) in [5, 5.41) is 12.7. The quantitative estimate of drug-likeness (QED) is 0.907. The van der Waals surface area contributed by atoms with Crippen LogP contribution in [0, 0.1) is 11.8 Å². The number of hydrogen-bond donors (Lipinski definition) is 1. The summed E-state index contributed by atoms with van der Waals surface area (Å²) in [7, 11) is 0. The summed E-state index contributed by atoms with van der Waals surface area (Å²) in [6, 6.07) is 0.408. The van der Waals surface area contributed by atoms with Gasteiger partial charge in [0, 0.05) is 19.0 Å². The van der Waals surface area contributed by atoms with Crippen LogP contribution in [-0.4, -0.2) is 21.3 Å². The van der Waals surface area contributed by atoms with Crippen LogP contribution in [0.25, 0.3) is 0 Å². The molecule has 1 aromatic rings. The molecule has 4 atom stereocenters. The second-order valence-corrected chi connectivity index (χ2v) is 7.30. The van der Waals surface area contributed by atoms with Gasteiger partial charge in [0.15, 0.2) is 0 Å². The monoisotopic (exact) mass is 288 g/mol. The first-order valence-corrected chi connectivity index (χ1v) is 9.03. The van der Waals surface area contributed by atoms with Crippen molar-refractivity contribution in [1.82, 2.24) is 20.1 Å². The standard InChI is InChI=1S/C17H28N4/c1-2-15-17-20-19-16(21(17)10-9-18-15)14-8-7-12-5-3-4-6-13(12)11-14/h12-15,18H,2-11H2,1H3. The Kier molecular flexibility index (Phi) is 3.74. The highest BCUT2D eigenvalue weighted by atomic mass is 15.3. The third-order valence-corrected chi connectivity index (χ3v) is 6.16. The van der Waals surface area contributed by atoms with E-state index in [1.54, 1.807) is 0 Å². The molecule has 2 fully saturated rings.